The summed E-state index contributed by atoms with van der Waals surface area (Å²) in [5.41, 5.74) is 1.30. The number of nitrogens with zero attached hydrogens (tertiary/aromatic N) is 3. The molecule has 0 radical (unpaired) electrons. The van der Waals surface area contributed by atoms with E-state index in [0.717, 1.165) is 31.9 Å². The molecule has 0 spiro atoms. The smallest absolute Gasteiger partial charge is 0.115 e. The molecule has 1 saturated heterocycles. The molecular formula is C12H20N4. The predicted molar refractivity (Wildman–Crippen MR) is 64.0 cm³/mol. The zero-order valence-corrected chi connectivity index (χ0v) is 10.1. The summed E-state index contributed by atoms with van der Waals surface area (Å²) in [5, 5.41) is 3.56. The van der Waals surface area contributed by atoms with E-state index in [-0.39, 0.29) is 5.54 Å². The fraction of sp³-hybridized carbons (Fsp3) is 0.667. The number of hydrogen-bond acceptors (Lipinski definition) is 4. The van der Waals surface area contributed by atoms with Gasteiger partial charge >= 0.3 is 0 Å². The number of hydrogen-bond donors (Lipinski definition) is 1. The Labute approximate surface area is 97.1 Å². The van der Waals surface area contributed by atoms with Crippen molar-refractivity contribution in [2.75, 3.05) is 19.6 Å². The molecule has 2 rings (SSSR count). The first-order valence-electron chi connectivity index (χ1n) is 5.88. The summed E-state index contributed by atoms with van der Waals surface area (Å²) in [5.74, 6) is 0. The van der Waals surface area contributed by atoms with Gasteiger partial charge in [0, 0.05) is 24.8 Å². The minimum atomic E-state index is 0.198. The Morgan fingerprint density at radius 3 is 3.12 bits per heavy atom. The van der Waals surface area contributed by atoms with E-state index in [1.165, 1.54) is 6.42 Å². The molecule has 88 valence electrons. The highest BCUT2D eigenvalue weighted by Crippen LogP contribution is 2.12. The summed E-state index contributed by atoms with van der Waals surface area (Å²) in [4.78, 5) is 10.7. The first-order valence-corrected chi connectivity index (χ1v) is 5.88. The van der Waals surface area contributed by atoms with Crippen molar-refractivity contribution in [2.45, 2.75) is 32.4 Å². The van der Waals surface area contributed by atoms with Gasteiger partial charge in [0.2, 0.25) is 0 Å². The lowest BCUT2D eigenvalue weighted by atomic mass is 10.1. The molecule has 1 aromatic rings. The molecule has 1 aliphatic heterocycles. The zero-order valence-electron chi connectivity index (χ0n) is 10.1. The van der Waals surface area contributed by atoms with Crippen LogP contribution in [-0.4, -0.2) is 40.0 Å². The van der Waals surface area contributed by atoms with Gasteiger partial charge in [0.1, 0.15) is 6.33 Å². The molecule has 4 heteroatoms. The van der Waals surface area contributed by atoms with Crippen LogP contribution >= 0.6 is 0 Å². The van der Waals surface area contributed by atoms with Crippen molar-refractivity contribution in [1.82, 2.24) is 20.2 Å². The quantitative estimate of drug-likeness (QED) is 0.809. The molecule has 1 fully saturated rings. The molecule has 1 aliphatic rings. The second kappa shape index (κ2) is 4.89. The highest BCUT2D eigenvalue weighted by molar-refractivity contribution is 4.98. The van der Waals surface area contributed by atoms with Crippen LogP contribution in [0.1, 0.15) is 26.0 Å². The molecule has 0 saturated carbocycles. The van der Waals surface area contributed by atoms with Gasteiger partial charge in [0.05, 0.1) is 5.69 Å². The summed E-state index contributed by atoms with van der Waals surface area (Å²) in [6, 6.07) is 1.99. The molecule has 0 aliphatic carbocycles. The van der Waals surface area contributed by atoms with Crippen LogP contribution in [-0.2, 0) is 6.54 Å². The summed E-state index contributed by atoms with van der Waals surface area (Å²) in [6.45, 7) is 8.74. The maximum atomic E-state index is 4.28. The van der Waals surface area contributed by atoms with Gasteiger partial charge in [0.25, 0.3) is 0 Å². The van der Waals surface area contributed by atoms with Crippen LogP contribution in [0.5, 0.6) is 0 Å². The first kappa shape index (κ1) is 11.5. The normalized spacial score (nSPS) is 21.6. The van der Waals surface area contributed by atoms with E-state index >= 15 is 0 Å². The van der Waals surface area contributed by atoms with E-state index in [0.29, 0.717) is 0 Å². The maximum Gasteiger partial charge on any atom is 0.115 e. The largest absolute Gasteiger partial charge is 0.310 e. The Hall–Kier alpha value is -1.00. The molecule has 4 nitrogen and oxygen atoms in total. The van der Waals surface area contributed by atoms with Crippen molar-refractivity contribution < 1.29 is 0 Å². The second-order valence-electron chi connectivity index (χ2n) is 5.08. The van der Waals surface area contributed by atoms with Gasteiger partial charge in [0.15, 0.2) is 0 Å². The summed E-state index contributed by atoms with van der Waals surface area (Å²) in [7, 11) is 0. The Morgan fingerprint density at radius 1 is 1.50 bits per heavy atom. The average Bonchev–Trinajstić information content (AvgIpc) is 2.40. The van der Waals surface area contributed by atoms with Crippen LogP contribution in [0.4, 0.5) is 0 Å². The third kappa shape index (κ3) is 3.25. The average molecular weight is 220 g/mol. The zero-order chi connectivity index (χ0) is 11.4. The fourth-order valence-corrected chi connectivity index (χ4v) is 2.20. The standard InChI is InChI=1S/C12H20N4/c1-12(2)9-16(7-3-5-15-12)8-11-4-6-13-10-14-11/h4,6,10,15H,3,5,7-9H2,1-2H3. The molecule has 0 amide bonds. The molecule has 16 heavy (non-hydrogen) atoms. The Morgan fingerprint density at radius 2 is 2.38 bits per heavy atom. The van der Waals surface area contributed by atoms with Gasteiger partial charge in [-0.2, -0.15) is 0 Å². The third-order valence-corrected chi connectivity index (χ3v) is 2.90. The summed E-state index contributed by atoms with van der Waals surface area (Å²) >= 11 is 0. The van der Waals surface area contributed by atoms with Crippen LogP contribution < -0.4 is 5.32 Å². The van der Waals surface area contributed by atoms with E-state index in [1.54, 1.807) is 6.33 Å². The van der Waals surface area contributed by atoms with Crippen LogP contribution in [0.3, 0.4) is 0 Å². The van der Waals surface area contributed by atoms with Crippen molar-refractivity contribution in [3.8, 4) is 0 Å². The van der Waals surface area contributed by atoms with E-state index in [1.807, 2.05) is 12.3 Å². The predicted octanol–water partition coefficient (Wildman–Crippen LogP) is 1.05. The third-order valence-electron chi connectivity index (χ3n) is 2.90. The van der Waals surface area contributed by atoms with Crippen LogP contribution in [0.2, 0.25) is 0 Å². The van der Waals surface area contributed by atoms with Crippen molar-refractivity contribution in [3.05, 3.63) is 24.3 Å². The minimum absolute atomic E-state index is 0.198. The van der Waals surface area contributed by atoms with Gasteiger partial charge in [-0.05, 0) is 39.4 Å². The lowest BCUT2D eigenvalue weighted by Gasteiger charge is -2.29. The highest BCUT2D eigenvalue weighted by Gasteiger charge is 2.23. The Kier molecular flexibility index (Phi) is 3.51. The van der Waals surface area contributed by atoms with Crippen molar-refractivity contribution in [3.63, 3.8) is 0 Å². The Bertz CT molecular complexity index is 323. The molecule has 0 bridgehead atoms. The fourth-order valence-electron chi connectivity index (χ4n) is 2.20. The van der Waals surface area contributed by atoms with Gasteiger partial charge < -0.3 is 5.32 Å². The van der Waals surface area contributed by atoms with Crippen molar-refractivity contribution >= 4 is 0 Å². The van der Waals surface area contributed by atoms with E-state index in [4.69, 9.17) is 0 Å². The van der Waals surface area contributed by atoms with E-state index in [9.17, 15) is 0 Å². The van der Waals surface area contributed by atoms with Crippen LogP contribution in [0.15, 0.2) is 18.6 Å². The van der Waals surface area contributed by atoms with Gasteiger partial charge in [-0.25, -0.2) is 9.97 Å². The van der Waals surface area contributed by atoms with E-state index < -0.39 is 0 Å². The SMILES string of the molecule is CC1(C)CN(Cc2ccncn2)CCCN1. The molecule has 2 heterocycles. The topological polar surface area (TPSA) is 41.1 Å². The van der Waals surface area contributed by atoms with Crippen molar-refractivity contribution in [2.24, 2.45) is 0 Å². The lowest BCUT2D eigenvalue weighted by Crippen LogP contribution is -2.46. The minimum Gasteiger partial charge on any atom is -0.310 e. The monoisotopic (exact) mass is 220 g/mol. The van der Waals surface area contributed by atoms with E-state index in [2.05, 4.69) is 34.0 Å². The molecule has 1 aromatic heterocycles. The molecule has 0 unspecified atom stereocenters. The van der Waals surface area contributed by atoms with Gasteiger partial charge in [-0.1, -0.05) is 0 Å². The first-order chi connectivity index (χ1) is 7.66. The van der Waals surface area contributed by atoms with Crippen LogP contribution in [0, 0.1) is 0 Å². The van der Waals surface area contributed by atoms with Crippen LogP contribution in [0.25, 0.3) is 0 Å². The maximum absolute atomic E-state index is 4.28. The molecular weight excluding hydrogens is 200 g/mol. The van der Waals surface area contributed by atoms with Gasteiger partial charge in [-0.15, -0.1) is 0 Å². The number of aromatic nitrogens is 2. The highest BCUT2D eigenvalue weighted by atomic mass is 15.2. The Balaban J connectivity index is 1.98. The lowest BCUT2D eigenvalue weighted by molar-refractivity contribution is 0.221. The van der Waals surface area contributed by atoms with Gasteiger partial charge in [-0.3, -0.25) is 4.90 Å². The summed E-state index contributed by atoms with van der Waals surface area (Å²) in [6.07, 6.45) is 4.63. The molecule has 0 aromatic carbocycles. The van der Waals surface area contributed by atoms with Crippen molar-refractivity contribution in [1.29, 1.82) is 0 Å². The molecule has 1 N–H and O–H groups in total. The molecule has 0 atom stereocenters. The second-order valence-corrected chi connectivity index (χ2v) is 5.08. The number of rotatable bonds is 2. The number of nitrogens with one attached hydrogen (secondary N) is 1. The summed E-state index contributed by atoms with van der Waals surface area (Å²) < 4.78 is 0.